The molecule has 0 atom stereocenters. The Labute approximate surface area is 128 Å². The number of hydrogen-bond donors (Lipinski definition) is 1. The van der Waals surface area contributed by atoms with Gasteiger partial charge in [-0.3, -0.25) is 0 Å². The largest absolute Gasteiger partial charge is 0.493 e. The number of halogens is 1. The Morgan fingerprint density at radius 1 is 0.857 bits per heavy atom. The Hall–Kier alpha value is -2.27. The molecule has 0 bridgehead atoms. The van der Waals surface area contributed by atoms with Gasteiger partial charge in [0.2, 0.25) is 5.75 Å². The molecule has 0 spiro atoms. The van der Waals surface area contributed by atoms with Gasteiger partial charge in [-0.1, -0.05) is 11.6 Å². The lowest BCUT2D eigenvalue weighted by Crippen LogP contribution is -1.97. The van der Waals surface area contributed by atoms with E-state index in [1.807, 2.05) is 0 Å². The summed E-state index contributed by atoms with van der Waals surface area (Å²) in [5.41, 5.74) is 6.31. The van der Waals surface area contributed by atoms with Crippen LogP contribution in [0, 0.1) is 0 Å². The van der Waals surface area contributed by atoms with E-state index in [9.17, 15) is 0 Å². The molecule has 2 rings (SSSR count). The van der Waals surface area contributed by atoms with Crippen molar-refractivity contribution in [1.82, 2.24) is 0 Å². The second kappa shape index (κ2) is 6.45. The normalized spacial score (nSPS) is 10.1. The molecule has 2 aromatic carbocycles. The van der Waals surface area contributed by atoms with Gasteiger partial charge in [-0.25, -0.2) is 0 Å². The van der Waals surface area contributed by atoms with Crippen molar-refractivity contribution in [3.63, 3.8) is 0 Å². The van der Waals surface area contributed by atoms with Crippen molar-refractivity contribution in [2.24, 2.45) is 0 Å². The van der Waals surface area contributed by atoms with Crippen molar-refractivity contribution < 1.29 is 18.9 Å². The molecule has 0 amide bonds. The van der Waals surface area contributed by atoms with E-state index in [2.05, 4.69) is 0 Å². The summed E-state index contributed by atoms with van der Waals surface area (Å²) in [5, 5.41) is 0.546. The molecule has 21 heavy (non-hydrogen) atoms. The molecule has 0 fully saturated rings. The Bertz CT molecular complexity index is 621. The van der Waals surface area contributed by atoms with Gasteiger partial charge in [0.1, 0.15) is 11.5 Å². The predicted molar refractivity (Wildman–Crippen MR) is 82.0 cm³/mol. The number of benzene rings is 2. The van der Waals surface area contributed by atoms with Crippen LogP contribution in [0.1, 0.15) is 0 Å². The van der Waals surface area contributed by atoms with Crippen LogP contribution in [0.15, 0.2) is 30.3 Å². The molecule has 2 aromatic rings. The van der Waals surface area contributed by atoms with Crippen molar-refractivity contribution in [2.45, 2.75) is 0 Å². The van der Waals surface area contributed by atoms with Crippen molar-refractivity contribution in [1.29, 1.82) is 0 Å². The summed E-state index contributed by atoms with van der Waals surface area (Å²) in [6, 6.07) is 8.39. The third kappa shape index (κ3) is 3.25. The van der Waals surface area contributed by atoms with Crippen molar-refractivity contribution in [3.8, 4) is 28.7 Å². The van der Waals surface area contributed by atoms with Crippen LogP contribution in [-0.2, 0) is 0 Å². The summed E-state index contributed by atoms with van der Waals surface area (Å²) in [5.74, 6) is 2.50. The molecule has 0 unspecified atom stereocenters. The number of nitrogens with two attached hydrogens (primary N) is 1. The maximum Gasteiger partial charge on any atom is 0.203 e. The van der Waals surface area contributed by atoms with Crippen LogP contribution in [0.5, 0.6) is 28.7 Å². The number of hydrogen-bond acceptors (Lipinski definition) is 5. The van der Waals surface area contributed by atoms with Crippen LogP contribution in [0.3, 0.4) is 0 Å². The average Bonchev–Trinajstić information content (AvgIpc) is 2.49. The van der Waals surface area contributed by atoms with Gasteiger partial charge >= 0.3 is 0 Å². The van der Waals surface area contributed by atoms with Crippen molar-refractivity contribution >= 4 is 17.3 Å². The SMILES string of the molecule is COc1cc(Oc2ccc(Cl)cc2N)cc(OC)c1OC. The molecule has 0 radical (unpaired) electrons. The fourth-order valence-electron chi connectivity index (χ4n) is 1.86. The van der Waals surface area contributed by atoms with Gasteiger partial charge in [0.25, 0.3) is 0 Å². The highest BCUT2D eigenvalue weighted by atomic mass is 35.5. The number of rotatable bonds is 5. The second-order valence-corrected chi connectivity index (χ2v) is 4.58. The zero-order valence-electron chi connectivity index (χ0n) is 12.0. The molecular weight excluding hydrogens is 294 g/mol. The summed E-state index contributed by atoms with van der Waals surface area (Å²) in [6.45, 7) is 0. The van der Waals surface area contributed by atoms with Gasteiger partial charge in [-0.2, -0.15) is 0 Å². The zero-order chi connectivity index (χ0) is 15.4. The molecule has 0 saturated carbocycles. The molecule has 2 N–H and O–H groups in total. The fraction of sp³-hybridized carbons (Fsp3) is 0.200. The van der Waals surface area contributed by atoms with Crippen LogP contribution in [0.25, 0.3) is 0 Å². The third-order valence-electron chi connectivity index (χ3n) is 2.84. The highest BCUT2D eigenvalue weighted by molar-refractivity contribution is 6.30. The average molecular weight is 310 g/mol. The number of anilines is 1. The van der Waals surface area contributed by atoms with Gasteiger partial charge < -0.3 is 24.7 Å². The van der Waals surface area contributed by atoms with Gasteiger partial charge in [-0.15, -0.1) is 0 Å². The van der Waals surface area contributed by atoms with Crippen LogP contribution in [-0.4, -0.2) is 21.3 Å². The van der Waals surface area contributed by atoms with Gasteiger partial charge in [-0.05, 0) is 18.2 Å². The number of ether oxygens (including phenoxy) is 4. The van der Waals surface area contributed by atoms with Gasteiger partial charge in [0.05, 0.1) is 27.0 Å². The summed E-state index contributed by atoms with van der Waals surface area (Å²) in [4.78, 5) is 0. The predicted octanol–water partition coefficient (Wildman–Crippen LogP) is 3.74. The first-order valence-electron chi connectivity index (χ1n) is 6.12. The molecular formula is C15H16ClNO4. The topological polar surface area (TPSA) is 62.9 Å². The summed E-state index contributed by atoms with van der Waals surface area (Å²) < 4.78 is 21.5. The Morgan fingerprint density at radius 2 is 1.48 bits per heavy atom. The van der Waals surface area contributed by atoms with Crippen LogP contribution >= 0.6 is 11.6 Å². The van der Waals surface area contributed by atoms with Crippen LogP contribution < -0.4 is 24.7 Å². The Morgan fingerprint density at radius 3 is 1.95 bits per heavy atom. The Balaban J connectivity index is 2.40. The Kier molecular flexibility index (Phi) is 4.65. The minimum Gasteiger partial charge on any atom is -0.493 e. The first-order valence-corrected chi connectivity index (χ1v) is 6.49. The first kappa shape index (κ1) is 15.1. The minimum atomic E-state index is 0.441. The number of nitrogen functional groups attached to an aromatic ring is 1. The summed E-state index contributed by atoms with van der Waals surface area (Å²) >= 11 is 5.86. The van der Waals surface area contributed by atoms with E-state index >= 15 is 0 Å². The monoisotopic (exact) mass is 309 g/mol. The molecule has 0 aliphatic carbocycles. The van der Waals surface area contributed by atoms with E-state index < -0.39 is 0 Å². The van der Waals surface area contributed by atoms with E-state index in [-0.39, 0.29) is 0 Å². The molecule has 0 aromatic heterocycles. The van der Waals surface area contributed by atoms with E-state index in [0.717, 1.165) is 0 Å². The molecule has 6 heteroatoms. The zero-order valence-corrected chi connectivity index (χ0v) is 12.7. The van der Waals surface area contributed by atoms with Crippen LogP contribution in [0.2, 0.25) is 5.02 Å². The highest BCUT2D eigenvalue weighted by Gasteiger charge is 2.15. The lowest BCUT2D eigenvalue weighted by Gasteiger charge is -2.15. The molecule has 5 nitrogen and oxygen atoms in total. The summed E-state index contributed by atoms with van der Waals surface area (Å²) in [7, 11) is 4.62. The van der Waals surface area contributed by atoms with E-state index in [0.29, 0.717) is 39.5 Å². The second-order valence-electron chi connectivity index (χ2n) is 4.15. The quantitative estimate of drug-likeness (QED) is 0.852. The summed E-state index contributed by atoms with van der Waals surface area (Å²) in [6.07, 6.45) is 0. The van der Waals surface area contributed by atoms with Gasteiger partial charge in [0.15, 0.2) is 11.5 Å². The third-order valence-corrected chi connectivity index (χ3v) is 3.07. The molecule has 0 aliphatic heterocycles. The van der Waals surface area contributed by atoms with Crippen molar-refractivity contribution in [3.05, 3.63) is 35.4 Å². The highest BCUT2D eigenvalue weighted by Crippen LogP contribution is 2.42. The van der Waals surface area contributed by atoms with Crippen molar-refractivity contribution in [2.75, 3.05) is 27.1 Å². The molecule has 0 heterocycles. The first-order chi connectivity index (χ1) is 10.1. The van der Waals surface area contributed by atoms with Crippen LogP contribution in [0.4, 0.5) is 5.69 Å². The van der Waals surface area contributed by atoms with E-state index in [1.54, 1.807) is 30.3 Å². The standard InChI is InChI=1S/C15H16ClNO4/c1-18-13-7-10(8-14(19-2)15(13)20-3)21-12-5-4-9(16)6-11(12)17/h4-8H,17H2,1-3H3. The maximum absolute atomic E-state index is 5.87. The smallest absolute Gasteiger partial charge is 0.203 e. The fourth-order valence-corrected chi connectivity index (χ4v) is 2.04. The molecule has 0 aliphatic rings. The van der Waals surface area contributed by atoms with E-state index in [1.165, 1.54) is 21.3 Å². The lowest BCUT2D eigenvalue weighted by atomic mass is 10.2. The number of methoxy groups -OCH3 is 3. The minimum absolute atomic E-state index is 0.441. The lowest BCUT2D eigenvalue weighted by molar-refractivity contribution is 0.321. The molecule has 112 valence electrons. The van der Waals surface area contributed by atoms with Gasteiger partial charge in [0, 0.05) is 17.2 Å². The molecule has 0 saturated heterocycles. The van der Waals surface area contributed by atoms with E-state index in [4.69, 9.17) is 36.3 Å². The maximum atomic E-state index is 5.87.